The van der Waals surface area contributed by atoms with Gasteiger partial charge in [-0.05, 0) is 25.3 Å². The second-order valence-corrected chi connectivity index (χ2v) is 8.06. The largest absolute Gasteiger partial charge is 0.387 e. The molecule has 0 saturated heterocycles. The minimum Gasteiger partial charge on any atom is -0.387 e. The highest BCUT2D eigenvalue weighted by molar-refractivity contribution is 7.98. The van der Waals surface area contributed by atoms with Gasteiger partial charge in [-0.1, -0.05) is 18.2 Å². The Balaban J connectivity index is 2.47. The molecule has 1 unspecified atom stereocenters. The lowest BCUT2D eigenvalue weighted by Gasteiger charge is -2.22. The van der Waals surface area contributed by atoms with Gasteiger partial charge in [-0.15, -0.1) is 0 Å². The summed E-state index contributed by atoms with van der Waals surface area (Å²) in [7, 11) is -3.45. The number of thioether (sulfide) groups is 1. The minimum atomic E-state index is -3.45. The summed E-state index contributed by atoms with van der Waals surface area (Å²) in [5, 5.41) is 12.5. The maximum Gasteiger partial charge on any atom is 0.221 e. The molecular formula is C14H21NO4S2. The molecule has 0 spiro atoms. The number of rotatable bonds is 8. The molecule has 0 bridgehead atoms. The number of aliphatic hydroxyl groups is 1. The average Bonchev–Trinajstić information content (AvgIpc) is 2.44. The van der Waals surface area contributed by atoms with Crippen molar-refractivity contribution in [3.8, 4) is 0 Å². The van der Waals surface area contributed by atoms with Crippen LogP contribution in [-0.2, 0) is 14.6 Å². The van der Waals surface area contributed by atoms with Crippen molar-refractivity contribution in [1.29, 1.82) is 0 Å². The van der Waals surface area contributed by atoms with E-state index in [1.54, 1.807) is 25.1 Å². The Morgan fingerprint density at radius 2 is 1.95 bits per heavy atom. The molecule has 21 heavy (non-hydrogen) atoms. The zero-order valence-corrected chi connectivity index (χ0v) is 13.8. The molecule has 1 aromatic rings. The standard InChI is InChI=1S/C14H21NO4S2/c1-14(17,11-20-2)10-15-13(16)8-9-21(18,19)12-6-4-3-5-7-12/h3-7,17H,8-11H2,1-2H3,(H,15,16). The van der Waals surface area contributed by atoms with Crippen molar-refractivity contribution < 1.29 is 18.3 Å². The van der Waals surface area contributed by atoms with Crippen molar-refractivity contribution in [2.45, 2.75) is 23.8 Å². The molecule has 1 atom stereocenters. The maximum atomic E-state index is 12.0. The second-order valence-electron chi connectivity index (χ2n) is 5.09. The van der Waals surface area contributed by atoms with E-state index in [4.69, 9.17) is 0 Å². The summed E-state index contributed by atoms with van der Waals surface area (Å²) >= 11 is 1.48. The van der Waals surface area contributed by atoms with Gasteiger partial charge >= 0.3 is 0 Å². The van der Waals surface area contributed by atoms with E-state index in [-0.39, 0.29) is 29.5 Å². The summed E-state index contributed by atoms with van der Waals surface area (Å²) in [6.07, 6.45) is 1.75. The van der Waals surface area contributed by atoms with Crippen molar-refractivity contribution in [3.05, 3.63) is 30.3 Å². The number of carbonyl (C=O) groups excluding carboxylic acids is 1. The SMILES string of the molecule is CSCC(C)(O)CNC(=O)CCS(=O)(=O)c1ccccc1. The van der Waals surface area contributed by atoms with E-state index in [9.17, 15) is 18.3 Å². The van der Waals surface area contributed by atoms with Crippen LogP contribution in [0.4, 0.5) is 0 Å². The lowest BCUT2D eigenvalue weighted by Crippen LogP contribution is -2.42. The highest BCUT2D eigenvalue weighted by atomic mass is 32.2. The fourth-order valence-corrected chi connectivity index (χ4v) is 3.70. The maximum absolute atomic E-state index is 12.0. The third-order valence-corrected chi connectivity index (χ3v) is 5.46. The van der Waals surface area contributed by atoms with E-state index in [1.165, 1.54) is 23.9 Å². The number of nitrogens with one attached hydrogen (secondary N) is 1. The third kappa shape index (κ3) is 6.50. The first kappa shape index (κ1) is 18.0. The molecule has 0 aliphatic heterocycles. The molecule has 0 saturated carbocycles. The summed E-state index contributed by atoms with van der Waals surface area (Å²) < 4.78 is 24.0. The van der Waals surface area contributed by atoms with Gasteiger partial charge in [0.05, 0.1) is 16.2 Å². The van der Waals surface area contributed by atoms with Gasteiger partial charge in [0, 0.05) is 18.7 Å². The second kappa shape index (κ2) is 7.82. The van der Waals surface area contributed by atoms with Gasteiger partial charge in [0.15, 0.2) is 9.84 Å². The Hall–Kier alpha value is -1.05. The van der Waals surface area contributed by atoms with Crippen LogP contribution in [0.15, 0.2) is 35.2 Å². The number of hydrogen-bond donors (Lipinski definition) is 2. The Morgan fingerprint density at radius 3 is 2.52 bits per heavy atom. The van der Waals surface area contributed by atoms with Crippen LogP contribution in [0.1, 0.15) is 13.3 Å². The summed E-state index contributed by atoms with van der Waals surface area (Å²) in [6, 6.07) is 8.05. The molecule has 0 heterocycles. The van der Waals surface area contributed by atoms with Gasteiger partial charge in [-0.2, -0.15) is 11.8 Å². The molecule has 7 heteroatoms. The monoisotopic (exact) mass is 331 g/mol. The number of carbonyl (C=O) groups is 1. The van der Waals surface area contributed by atoms with Crippen molar-refractivity contribution in [2.24, 2.45) is 0 Å². The molecule has 1 rings (SSSR count). The fraction of sp³-hybridized carbons (Fsp3) is 0.500. The number of benzene rings is 1. The first-order valence-corrected chi connectivity index (χ1v) is 9.57. The topological polar surface area (TPSA) is 83.5 Å². The van der Waals surface area contributed by atoms with Gasteiger partial charge in [0.25, 0.3) is 0 Å². The van der Waals surface area contributed by atoms with Crippen molar-refractivity contribution in [3.63, 3.8) is 0 Å². The lowest BCUT2D eigenvalue weighted by atomic mass is 10.1. The van der Waals surface area contributed by atoms with Gasteiger partial charge in [-0.3, -0.25) is 4.79 Å². The third-order valence-electron chi connectivity index (χ3n) is 2.82. The van der Waals surface area contributed by atoms with Crippen LogP contribution < -0.4 is 5.32 Å². The first-order valence-electron chi connectivity index (χ1n) is 6.53. The Bertz CT molecular complexity index is 556. The van der Waals surface area contributed by atoms with Crippen LogP contribution in [-0.4, -0.2) is 49.3 Å². The molecule has 1 amide bonds. The van der Waals surface area contributed by atoms with E-state index in [2.05, 4.69) is 5.32 Å². The Morgan fingerprint density at radius 1 is 1.33 bits per heavy atom. The van der Waals surface area contributed by atoms with Gasteiger partial charge < -0.3 is 10.4 Å². The summed E-state index contributed by atoms with van der Waals surface area (Å²) in [5.74, 6) is -0.126. The van der Waals surface area contributed by atoms with Gasteiger partial charge in [-0.25, -0.2) is 8.42 Å². The predicted octanol–water partition coefficient (Wildman–Crippen LogP) is 1.08. The molecule has 0 aliphatic carbocycles. The molecule has 0 fully saturated rings. The molecule has 1 aromatic carbocycles. The normalized spacial score (nSPS) is 14.4. The van der Waals surface area contributed by atoms with E-state index in [0.717, 1.165) is 0 Å². The lowest BCUT2D eigenvalue weighted by molar-refractivity contribution is -0.121. The molecule has 0 aromatic heterocycles. The quantitative estimate of drug-likeness (QED) is 0.745. The van der Waals surface area contributed by atoms with Crippen LogP contribution in [0.2, 0.25) is 0 Å². The molecule has 2 N–H and O–H groups in total. The molecular weight excluding hydrogens is 310 g/mol. The van der Waals surface area contributed by atoms with E-state index in [1.807, 2.05) is 6.26 Å². The van der Waals surface area contributed by atoms with Crippen LogP contribution in [0, 0.1) is 0 Å². The van der Waals surface area contributed by atoms with E-state index < -0.39 is 15.4 Å². The highest BCUT2D eigenvalue weighted by Gasteiger charge is 2.21. The van der Waals surface area contributed by atoms with Crippen LogP contribution in [0.3, 0.4) is 0 Å². The summed E-state index contributed by atoms with van der Waals surface area (Å²) in [6.45, 7) is 1.74. The van der Waals surface area contributed by atoms with Gasteiger partial charge in [0.1, 0.15) is 0 Å². The number of sulfone groups is 1. The zero-order valence-electron chi connectivity index (χ0n) is 12.2. The van der Waals surface area contributed by atoms with Crippen molar-refractivity contribution in [2.75, 3.05) is 24.3 Å². The van der Waals surface area contributed by atoms with Crippen molar-refractivity contribution >= 4 is 27.5 Å². The summed E-state index contributed by atoms with van der Waals surface area (Å²) in [4.78, 5) is 11.9. The molecule has 0 aliphatic rings. The summed E-state index contributed by atoms with van der Waals surface area (Å²) in [5.41, 5.74) is -0.993. The smallest absolute Gasteiger partial charge is 0.221 e. The molecule has 0 radical (unpaired) electrons. The zero-order chi connectivity index (χ0) is 15.9. The van der Waals surface area contributed by atoms with Crippen LogP contribution >= 0.6 is 11.8 Å². The van der Waals surface area contributed by atoms with E-state index in [0.29, 0.717) is 5.75 Å². The Kier molecular flexibility index (Phi) is 6.70. The number of amides is 1. The molecule has 5 nitrogen and oxygen atoms in total. The Labute approximate surface area is 130 Å². The fourth-order valence-electron chi connectivity index (χ4n) is 1.71. The van der Waals surface area contributed by atoms with E-state index >= 15 is 0 Å². The van der Waals surface area contributed by atoms with Crippen LogP contribution in [0.5, 0.6) is 0 Å². The predicted molar refractivity (Wildman–Crippen MR) is 85.1 cm³/mol. The minimum absolute atomic E-state index is 0.109. The number of hydrogen-bond acceptors (Lipinski definition) is 5. The first-order chi connectivity index (χ1) is 9.77. The average molecular weight is 331 g/mol. The van der Waals surface area contributed by atoms with Crippen molar-refractivity contribution in [1.82, 2.24) is 5.32 Å². The highest BCUT2D eigenvalue weighted by Crippen LogP contribution is 2.12. The molecule has 118 valence electrons. The van der Waals surface area contributed by atoms with Crippen LogP contribution in [0.25, 0.3) is 0 Å². The van der Waals surface area contributed by atoms with Gasteiger partial charge in [0.2, 0.25) is 5.91 Å².